The van der Waals surface area contributed by atoms with Crippen molar-refractivity contribution in [3.8, 4) is 0 Å². The Bertz CT molecular complexity index is 511. The van der Waals surface area contributed by atoms with E-state index in [0.717, 1.165) is 12.3 Å². The van der Waals surface area contributed by atoms with Crippen molar-refractivity contribution >= 4 is 5.82 Å². The molecule has 1 aromatic heterocycles. The molecule has 0 atom stereocenters. The van der Waals surface area contributed by atoms with Crippen LogP contribution in [0.4, 0.5) is 23.4 Å². The molecule has 1 N–H and O–H groups in total. The molecule has 0 amide bonds. The molecular weight excluding hydrogens is 274 g/mol. The SMILES string of the molecule is CNCc1cc(F)cnc1N1CC=C(C(F)(F)F)CC1. The summed E-state index contributed by atoms with van der Waals surface area (Å²) in [7, 11) is 1.71. The van der Waals surface area contributed by atoms with Crippen molar-refractivity contribution < 1.29 is 17.6 Å². The van der Waals surface area contributed by atoms with Crippen LogP contribution in [0.15, 0.2) is 23.9 Å². The molecule has 1 aliphatic rings. The minimum atomic E-state index is -4.27. The number of anilines is 1. The average molecular weight is 289 g/mol. The van der Waals surface area contributed by atoms with Gasteiger partial charge in [-0.1, -0.05) is 6.08 Å². The van der Waals surface area contributed by atoms with Crippen molar-refractivity contribution in [1.82, 2.24) is 10.3 Å². The van der Waals surface area contributed by atoms with Crippen molar-refractivity contribution in [3.05, 3.63) is 35.3 Å². The summed E-state index contributed by atoms with van der Waals surface area (Å²) in [5, 5.41) is 2.89. The highest BCUT2D eigenvalue weighted by molar-refractivity contribution is 5.49. The van der Waals surface area contributed by atoms with E-state index in [2.05, 4.69) is 10.3 Å². The van der Waals surface area contributed by atoms with Gasteiger partial charge in [0.05, 0.1) is 6.20 Å². The van der Waals surface area contributed by atoms with Gasteiger partial charge in [0.2, 0.25) is 0 Å². The van der Waals surface area contributed by atoms with E-state index in [1.54, 1.807) is 11.9 Å². The molecular formula is C13H15F4N3. The fourth-order valence-electron chi connectivity index (χ4n) is 2.20. The predicted molar refractivity (Wildman–Crippen MR) is 67.9 cm³/mol. The van der Waals surface area contributed by atoms with Crippen LogP contribution < -0.4 is 10.2 Å². The zero-order valence-electron chi connectivity index (χ0n) is 11.0. The summed E-state index contributed by atoms with van der Waals surface area (Å²) in [6, 6.07) is 1.35. The van der Waals surface area contributed by atoms with Gasteiger partial charge in [0.25, 0.3) is 0 Å². The highest BCUT2D eigenvalue weighted by Crippen LogP contribution is 2.31. The Balaban J connectivity index is 2.20. The second-order valence-corrected chi connectivity index (χ2v) is 4.59. The summed E-state index contributed by atoms with van der Waals surface area (Å²) < 4.78 is 50.9. The lowest BCUT2D eigenvalue weighted by Gasteiger charge is -2.29. The van der Waals surface area contributed by atoms with Crippen LogP contribution in [0.5, 0.6) is 0 Å². The van der Waals surface area contributed by atoms with Crippen LogP contribution in [-0.2, 0) is 6.54 Å². The molecule has 2 rings (SSSR count). The zero-order valence-corrected chi connectivity index (χ0v) is 11.0. The topological polar surface area (TPSA) is 28.2 Å². The van der Waals surface area contributed by atoms with Crippen molar-refractivity contribution in [1.29, 1.82) is 0 Å². The Morgan fingerprint density at radius 3 is 2.70 bits per heavy atom. The first-order chi connectivity index (χ1) is 9.41. The molecule has 7 heteroatoms. The third kappa shape index (κ3) is 3.27. The summed E-state index contributed by atoms with van der Waals surface area (Å²) in [6.07, 6.45) is -2.10. The number of halogens is 4. The van der Waals surface area contributed by atoms with Crippen LogP contribution in [0.1, 0.15) is 12.0 Å². The first-order valence-corrected chi connectivity index (χ1v) is 6.22. The van der Waals surface area contributed by atoms with Gasteiger partial charge in [-0.15, -0.1) is 0 Å². The van der Waals surface area contributed by atoms with Gasteiger partial charge < -0.3 is 10.2 Å². The van der Waals surface area contributed by atoms with Gasteiger partial charge in [0, 0.05) is 30.8 Å². The van der Waals surface area contributed by atoms with Gasteiger partial charge in [0.15, 0.2) is 0 Å². The number of nitrogens with one attached hydrogen (secondary N) is 1. The Morgan fingerprint density at radius 2 is 2.15 bits per heavy atom. The maximum atomic E-state index is 13.2. The molecule has 1 aliphatic heterocycles. The Labute approximate surface area is 114 Å². The minimum Gasteiger partial charge on any atom is -0.352 e. The van der Waals surface area contributed by atoms with Crippen LogP contribution in [0, 0.1) is 5.82 Å². The maximum absolute atomic E-state index is 13.2. The summed E-state index contributed by atoms with van der Waals surface area (Å²) >= 11 is 0. The summed E-state index contributed by atoms with van der Waals surface area (Å²) in [4.78, 5) is 5.73. The first-order valence-electron chi connectivity index (χ1n) is 6.22. The van der Waals surface area contributed by atoms with Crippen LogP contribution in [0.2, 0.25) is 0 Å². The van der Waals surface area contributed by atoms with Crippen molar-refractivity contribution in [3.63, 3.8) is 0 Å². The quantitative estimate of drug-likeness (QED) is 0.685. The maximum Gasteiger partial charge on any atom is 0.412 e. The van der Waals surface area contributed by atoms with E-state index < -0.39 is 17.6 Å². The normalized spacial score (nSPS) is 16.2. The molecule has 0 unspecified atom stereocenters. The number of rotatable bonds is 3. The van der Waals surface area contributed by atoms with Crippen LogP contribution in [-0.4, -0.2) is 31.3 Å². The highest BCUT2D eigenvalue weighted by Gasteiger charge is 2.35. The number of hydrogen-bond donors (Lipinski definition) is 1. The molecule has 2 heterocycles. The molecule has 0 saturated carbocycles. The van der Waals surface area contributed by atoms with E-state index in [4.69, 9.17) is 0 Å². The van der Waals surface area contributed by atoms with E-state index in [1.165, 1.54) is 6.07 Å². The lowest BCUT2D eigenvalue weighted by Crippen LogP contribution is -2.33. The monoisotopic (exact) mass is 289 g/mol. The Hall–Kier alpha value is -1.63. The van der Waals surface area contributed by atoms with Crippen LogP contribution in [0.25, 0.3) is 0 Å². The van der Waals surface area contributed by atoms with E-state index in [0.29, 0.717) is 17.9 Å². The lowest BCUT2D eigenvalue weighted by atomic mass is 10.1. The van der Waals surface area contributed by atoms with Gasteiger partial charge >= 0.3 is 6.18 Å². The van der Waals surface area contributed by atoms with Crippen molar-refractivity contribution in [2.75, 3.05) is 25.0 Å². The van der Waals surface area contributed by atoms with Gasteiger partial charge in [0.1, 0.15) is 11.6 Å². The standard InChI is InChI=1S/C13H15F4N3/c1-18-7-9-6-11(14)8-19-12(9)20-4-2-10(3-5-20)13(15,16)17/h2,6,8,18H,3-5,7H2,1H3. The number of nitrogens with zero attached hydrogens (tertiary/aromatic N) is 2. The molecule has 0 aliphatic carbocycles. The van der Waals surface area contributed by atoms with Crippen molar-refractivity contribution in [2.45, 2.75) is 19.1 Å². The molecule has 0 radical (unpaired) electrons. The van der Waals surface area contributed by atoms with E-state index in [1.807, 2.05) is 0 Å². The van der Waals surface area contributed by atoms with Crippen LogP contribution >= 0.6 is 0 Å². The number of aromatic nitrogens is 1. The molecule has 0 spiro atoms. The summed E-state index contributed by atoms with van der Waals surface area (Å²) in [5.41, 5.74) is 0.127. The van der Waals surface area contributed by atoms with E-state index >= 15 is 0 Å². The van der Waals surface area contributed by atoms with Gasteiger partial charge in [-0.25, -0.2) is 9.37 Å². The van der Waals surface area contributed by atoms with Crippen molar-refractivity contribution in [2.24, 2.45) is 0 Å². The average Bonchev–Trinajstić information content (AvgIpc) is 2.38. The molecule has 20 heavy (non-hydrogen) atoms. The molecule has 110 valence electrons. The minimum absolute atomic E-state index is 0.0818. The Kier molecular flexibility index (Phi) is 4.27. The summed E-state index contributed by atoms with van der Waals surface area (Å²) in [6.45, 7) is 0.761. The first kappa shape index (κ1) is 14.8. The zero-order chi connectivity index (χ0) is 14.8. The van der Waals surface area contributed by atoms with Crippen LogP contribution in [0.3, 0.4) is 0 Å². The molecule has 0 saturated heterocycles. The number of pyridine rings is 1. The van der Waals surface area contributed by atoms with Gasteiger partial charge in [-0.05, 0) is 19.5 Å². The third-order valence-electron chi connectivity index (χ3n) is 3.15. The summed E-state index contributed by atoms with van der Waals surface area (Å²) in [5.74, 6) is 0.0701. The number of alkyl halides is 3. The molecule has 0 fully saturated rings. The highest BCUT2D eigenvalue weighted by atomic mass is 19.4. The Morgan fingerprint density at radius 1 is 1.40 bits per heavy atom. The van der Waals surface area contributed by atoms with E-state index in [-0.39, 0.29) is 19.5 Å². The van der Waals surface area contributed by atoms with Gasteiger partial charge in [-0.2, -0.15) is 13.2 Å². The molecule has 0 bridgehead atoms. The largest absolute Gasteiger partial charge is 0.412 e. The number of hydrogen-bond acceptors (Lipinski definition) is 3. The fraction of sp³-hybridized carbons (Fsp3) is 0.462. The second-order valence-electron chi connectivity index (χ2n) is 4.59. The van der Waals surface area contributed by atoms with E-state index in [9.17, 15) is 17.6 Å². The third-order valence-corrected chi connectivity index (χ3v) is 3.15. The molecule has 3 nitrogen and oxygen atoms in total. The molecule has 0 aromatic carbocycles. The van der Waals surface area contributed by atoms with Gasteiger partial charge in [-0.3, -0.25) is 0 Å². The fourth-order valence-corrected chi connectivity index (χ4v) is 2.20. The lowest BCUT2D eigenvalue weighted by molar-refractivity contribution is -0.0944. The predicted octanol–water partition coefficient (Wildman–Crippen LogP) is 2.64. The molecule has 1 aromatic rings. The smallest absolute Gasteiger partial charge is 0.352 e. The second kappa shape index (κ2) is 5.78.